The molecule has 0 spiro atoms. The number of fused-ring (bicyclic) bond motifs is 8. The topological polar surface area (TPSA) is 0 Å². The molecule has 1 heterocycles. The monoisotopic (exact) mass is 612 g/mol. The van der Waals surface area contributed by atoms with E-state index in [-0.39, 0.29) is 0 Å². The molecule has 2 aliphatic carbocycles. The molecule has 2 heteroatoms. The van der Waals surface area contributed by atoms with Crippen LogP contribution in [0.3, 0.4) is 0 Å². The van der Waals surface area contributed by atoms with Crippen molar-refractivity contribution in [3.63, 3.8) is 0 Å². The van der Waals surface area contributed by atoms with Gasteiger partial charge in [0.2, 0.25) is 0 Å². The number of benzene rings is 4. The third-order valence-corrected chi connectivity index (χ3v) is 18.2. The van der Waals surface area contributed by atoms with E-state index in [0.717, 1.165) is 0 Å². The van der Waals surface area contributed by atoms with Gasteiger partial charge in [0, 0.05) is 0 Å². The first kappa shape index (κ1) is 26.4. The minimum atomic E-state index is -2.08. The van der Waals surface area contributed by atoms with Crippen molar-refractivity contribution in [3.8, 4) is 22.3 Å². The van der Waals surface area contributed by atoms with Gasteiger partial charge in [-0.15, -0.1) is 0 Å². The van der Waals surface area contributed by atoms with Crippen molar-refractivity contribution in [2.24, 2.45) is 0 Å². The summed E-state index contributed by atoms with van der Waals surface area (Å²) in [6, 6.07) is 33.1. The predicted octanol–water partition coefficient (Wildman–Crippen LogP) is 10.7. The van der Waals surface area contributed by atoms with E-state index in [1.54, 1.807) is 43.8 Å². The Morgan fingerprint density at radius 1 is 0.575 bits per heavy atom. The molecule has 0 aromatic heterocycles. The second-order valence-corrected chi connectivity index (χ2v) is 20.3. The summed E-state index contributed by atoms with van der Waals surface area (Å²) in [5, 5.41) is 3.55. The third kappa shape index (κ3) is 3.79. The number of rotatable bonds is 4. The number of aryl methyl sites for hydroxylation is 2. The van der Waals surface area contributed by atoms with Crippen LogP contribution in [0.4, 0.5) is 0 Å². The third-order valence-electron chi connectivity index (χ3n) is 9.72. The van der Waals surface area contributed by atoms with E-state index >= 15 is 0 Å². The number of hydrogen-bond acceptors (Lipinski definition) is 0. The molecule has 0 fully saturated rings. The molecule has 4 aromatic rings. The fourth-order valence-electron chi connectivity index (χ4n) is 7.97. The van der Waals surface area contributed by atoms with E-state index in [0.29, 0.717) is 7.25 Å². The van der Waals surface area contributed by atoms with Crippen molar-refractivity contribution >= 4 is 18.5 Å². The first-order valence-corrected chi connectivity index (χ1v) is 20.8. The standard InChI is InChI=1S/C38H38Si.Zr/c1-7-27-23-31-11-9-13-33(29-19-15-25(3)16-20-29)35(31)37(27)39(5,6)38-28(8-2)24-32-12-10-14-34(36(32)38)30-21-17-26(4)18-22-30;/h9-24H,7-8H2,1-6H3;. The fraction of sp³-hybridized carbons (Fsp3) is 0.263. The molecule has 0 amide bonds. The van der Waals surface area contributed by atoms with Gasteiger partial charge in [0.05, 0.1) is 0 Å². The molecular formula is C38H38SiZr. The molecule has 2 atom stereocenters. The molecule has 1 aliphatic heterocycles. The van der Waals surface area contributed by atoms with Crippen LogP contribution in [0.25, 0.3) is 32.6 Å². The molecule has 0 saturated heterocycles. The zero-order valence-corrected chi connectivity index (χ0v) is 28.1. The summed E-state index contributed by atoms with van der Waals surface area (Å²) in [7, 11) is -2.08. The maximum absolute atomic E-state index is 2.69. The van der Waals surface area contributed by atoms with Crippen LogP contribution in [0.15, 0.2) is 96.1 Å². The van der Waals surface area contributed by atoms with Gasteiger partial charge in [-0.05, 0) is 0 Å². The van der Waals surface area contributed by atoms with Gasteiger partial charge in [0.1, 0.15) is 0 Å². The fourth-order valence-corrected chi connectivity index (χ4v) is 18.6. The minimum absolute atomic E-state index is 0.679. The maximum atomic E-state index is 2.69. The molecule has 40 heavy (non-hydrogen) atoms. The van der Waals surface area contributed by atoms with E-state index in [9.17, 15) is 0 Å². The van der Waals surface area contributed by atoms with E-state index < -0.39 is 31.3 Å². The van der Waals surface area contributed by atoms with Crippen LogP contribution >= 0.6 is 0 Å². The molecule has 0 saturated carbocycles. The normalized spacial score (nSPS) is 20.1. The Balaban J connectivity index is 1.52. The molecule has 198 valence electrons. The average Bonchev–Trinajstić information content (AvgIpc) is 3.48. The van der Waals surface area contributed by atoms with Gasteiger partial charge in [0.15, 0.2) is 0 Å². The second-order valence-electron chi connectivity index (χ2n) is 12.4. The first-order valence-electron chi connectivity index (χ1n) is 15.0. The van der Waals surface area contributed by atoms with Crippen molar-refractivity contribution in [2.45, 2.75) is 60.9 Å². The zero-order valence-electron chi connectivity index (χ0n) is 24.7. The van der Waals surface area contributed by atoms with Gasteiger partial charge in [-0.25, -0.2) is 0 Å². The van der Waals surface area contributed by atoms with Crippen LogP contribution in [0.2, 0.25) is 13.1 Å². The molecule has 4 aromatic carbocycles. The molecule has 3 aliphatic rings. The van der Waals surface area contributed by atoms with Gasteiger partial charge >= 0.3 is 254 Å². The summed E-state index contributed by atoms with van der Waals surface area (Å²) in [6.45, 7) is 14.6. The molecule has 4 bridgehead atoms. The molecule has 7 rings (SSSR count). The summed E-state index contributed by atoms with van der Waals surface area (Å²) in [5.74, 6) is 0. The summed E-state index contributed by atoms with van der Waals surface area (Å²) < 4.78 is 1.36. The zero-order chi connectivity index (χ0) is 27.8. The molecule has 0 radical (unpaired) electrons. The Bertz CT molecular complexity index is 1590. The Kier molecular flexibility index (Phi) is 6.45. The van der Waals surface area contributed by atoms with Gasteiger partial charge in [0.25, 0.3) is 0 Å². The predicted molar refractivity (Wildman–Crippen MR) is 171 cm³/mol. The van der Waals surface area contributed by atoms with Gasteiger partial charge in [-0.1, -0.05) is 0 Å². The quantitative estimate of drug-likeness (QED) is 0.201. The Morgan fingerprint density at radius 3 is 1.35 bits per heavy atom. The Morgan fingerprint density at radius 2 is 0.975 bits per heavy atom. The van der Waals surface area contributed by atoms with E-state index in [1.165, 1.54) is 46.2 Å². The molecular weight excluding hydrogens is 576 g/mol. The van der Waals surface area contributed by atoms with Crippen LogP contribution in [0, 0.1) is 13.8 Å². The van der Waals surface area contributed by atoms with Crippen LogP contribution in [0.5, 0.6) is 0 Å². The molecule has 2 unspecified atom stereocenters. The van der Waals surface area contributed by atoms with Gasteiger partial charge in [-0.3, -0.25) is 0 Å². The van der Waals surface area contributed by atoms with Crippen LogP contribution in [-0.4, -0.2) is 8.07 Å². The number of hydrogen-bond donors (Lipinski definition) is 0. The summed E-state index contributed by atoms with van der Waals surface area (Å²) in [6.07, 6.45) is 2.36. The van der Waals surface area contributed by atoms with Crippen LogP contribution < -0.4 is 0 Å². The van der Waals surface area contributed by atoms with E-state index in [2.05, 4.69) is 126 Å². The Hall–Kier alpha value is -2.54. The van der Waals surface area contributed by atoms with Gasteiger partial charge in [-0.2, -0.15) is 0 Å². The molecule has 0 N–H and O–H groups in total. The number of allylic oxidation sites excluding steroid dienone is 2. The average molecular weight is 614 g/mol. The van der Waals surface area contributed by atoms with E-state index in [4.69, 9.17) is 0 Å². The van der Waals surface area contributed by atoms with E-state index in [1.807, 2.05) is 0 Å². The van der Waals surface area contributed by atoms with Crippen molar-refractivity contribution < 1.29 is 23.2 Å². The second kappa shape index (κ2) is 9.78. The van der Waals surface area contributed by atoms with Gasteiger partial charge < -0.3 is 0 Å². The van der Waals surface area contributed by atoms with Crippen LogP contribution in [0.1, 0.15) is 67.3 Å². The summed E-state index contributed by atoms with van der Waals surface area (Å²) in [5.41, 5.74) is 18.5. The van der Waals surface area contributed by atoms with Crippen molar-refractivity contribution in [2.75, 3.05) is 0 Å². The van der Waals surface area contributed by atoms with Crippen molar-refractivity contribution in [3.05, 3.63) is 129 Å². The molecule has 0 nitrogen and oxygen atoms in total. The van der Waals surface area contributed by atoms with Crippen LogP contribution in [-0.2, 0) is 23.2 Å². The Labute approximate surface area is 252 Å². The first-order chi connectivity index (χ1) is 19.3. The summed E-state index contributed by atoms with van der Waals surface area (Å²) in [4.78, 5) is 0. The SMILES string of the molecule is CCC1=C2c3c(-c4ccc(C)cc4)cccc3[CH]1[Zr][CH]1C(CC)=C(c3c(-c4ccc(C)cc4)cccc31)[Si]2(C)C. The van der Waals surface area contributed by atoms with Crippen molar-refractivity contribution in [1.82, 2.24) is 0 Å². The van der Waals surface area contributed by atoms with Crippen molar-refractivity contribution in [1.29, 1.82) is 0 Å². The summed E-state index contributed by atoms with van der Waals surface area (Å²) >= 11 is -0.901.